The second kappa shape index (κ2) is 12.0. The molecule has 2 fully saturated rings. The molecule has 0 bridgehead atoms. The van der Waals surface area contributed by atoms with Crippen LogP contribution in [0.4, 0.5) is 28.0 Å². The number of likely N-dealkylation sites (tertiary alicyclic amines) is 1. The maximum Gasteiger partial charge on any atom is 0.416 e. The number of carbonyl (C=O) groups excluding carboxylic acids is 1. The molecule has 0 aromatic heterocycles. The standard InChI is InChI=1S/C28H32F4N4O/c29-24-16-23(28(30,31)32)17-25(18-24)34-27(37)36(14-4-13-35-11-1-2-12-35)26-9-7-21(8-10-26)22-6-3-5-20(15-22)19-33/h3,5-6,15-18,21,26H,1-2,4,7-14H2,(H,34,37)/t21-,26-. The van der Waals surface area contributed by atoms with E-state index in [1.807, 2.05) is 18.2 Å². The monoisotopic (exact) mass is 516 g/mol. The molecule has 1 aliphatic carbocycles. The second-order valence-corrected chi connectivity index (χ2v) is 9.99. The lowest BCUT2D eigenvalue weighted by molar-refractivity contribution is -0.137. The van der Waals surface area contributed by atoms with Gasteiger partial charge in [-0.25, -0.2) is 9.18 Å². The highest BCUT2D eigenvalue weighted by molar-refractivity contribution is 5.89. The van der Waals surface area contributed by atoms with Gasteiger partial charge in [0.25, 0.3) is 0 Å². The van der Waals surface area contributed by atoms with Gasteiger partial charge in [-0.2, -0.15) is 18.4 Å². The number of carbonyl (C=O) groups is 1. The molecule has 1 saturated carbocycles. The highest BCUT2D eigenvalue weighted by Gasteiger charge is 2.33. The predicted molar refractivity (Wildman–Crippen MR) is 134 cm³/mol. The summed E-state index contributed by atoms with van der Waals surface area (Å²) < 4.78 is 53.4. The van der Waals surface area contributed by atoms with Crippen LogP contribution in [0.5, 0.6) is 0 Å². The summed E-state index contributed by atoms with van der Waals surface area (Å²) in [6.45, 7) is 3.42. The van der Waals surface area contributed by atoms with Crippen LogP contribution in [0, 0.1) is 17.1 Å². The summed E-state index contributed by atoms with van der Waals surface area (Å²) in [5.74, 6) is -0.762. The van der Waals surface area contributed by atoms with E-state index in [4.69, 9.17) is 0 Å². The van der Waals surface area contributed by atoms with E-state index >= 15 is 0 Å². The number of nitriles is 1. The van der Waals surface area contributed by atoms with Crippen LogP contribution in [0.3, 0.4) is 0 Å². The minimum absolute atomic E-state index is 0.0652. The van der Waals surface area contributed by atoms with Gasteiger partial charge in [-0.3, -0.25) is 0 Å². The number of benzene rings is 2. The van der Waals surface area contributed by atoms with E-state index in [1.54, 1.807) is 11.0 Å². The van der Waals surface area contributed by atoms with E-state index in [9.17, 15) is 27.6 Å². The van der Waals surface area contributed by atoms with Gasteiger partial charge in [-0.05, 0) is 106 Å². The third-order valence-electron chi connectivity index (χ3n) is 7.43. The largest absolute Gasteiger partial charge is 0.416 e. The maximum atomic E-state index is 13.9. The smallest absolute Gasteiger partial charge is 0.322 e. The van der Waals surface area contributed by atoms with Gasteiger partial charge < -0.3 is 15.1 Å². The van der Waals surface area contributed by atoms with Gasteiger partial charge in [0.2, 0.25) is 0 Å². The van der Waals surface area contributed by atoms with Crippen molar-refractivity contribution in [2.45, 2.75) is 63.1 Å². The van der Waals surface area contributed by atoms with Gasteiger partial charge in [-0.15, -0.1) is 0 Å². The first kappa shape index (κ1) is 26.9. The lowest BCUT2D eigenvalue weighted by Gasteiger charge is -2.37. The first-order chi connectivity index (χ1) is 17.7. The average molecular weight is 517 g/mol. The number of hydrogen-bond acceptors (Lipinski definition) is 3. The summed E-state index contributed by atoms with van der Waals surface area (Å²) in [4.78, 5) is 17.4. The summed E-state index contributed by atoms with van der Waals surface area (Å²) in [6.07, 6.45) is 1.56. The van der Waals surface area contributed by atoms with Crippen molar-refractivity contribution in [3.8, 4) is 6.07 Å². The molecule has 0 radical (unpaired) electrons. The molecule has 2 amide bonds. The molecule has 5 nitrogen and oxygen atoms in total. The van der Waals surface area contributed by atoms with E-state index in [0.717, 1.165) is 69.4 Å². The molecule has 2 aliphatic rings. The van der Waals surface area contributed by atoms with Crippen molar-refractivity contribution >= 4 is 11.7 Å². The number of anilines is 1. The fourth-order valence-electron chi connectivity index (χ4n) is 5.52. The van der Waals surface area contributed by atoms with Gasteiger partial charge in [-0.1, -0.05) is 12.1 Å². The number of nitrogens with one attached hydrogen (secondary N) is 1. The zero-order valence-corrected chi connectivity index (χ0v) is 20.7. The molecule has 1 saturated heterocycles. The Balaban J connectivity index is 1.45. The lowest BCUT2D eigenvalue weighted by Crippen LogP contribution is -2.45. The fourth-order valence-corrected chi connectivity index (χ4v) is 5.52. The summed E-state index contributed by atoms with van der Waals surface area (Å²) in [7, 11) is 0. The normalized spacial score (nSPS) is 20.4. The van der Waals surface area contributed by atoms with Crippen molar-refractivity contribution in [1.82, 2.24) is 9.80 Å². The predicted octanol–water partition coefficient (Wildman–Crippen LogP) is 6.76. The van der Waals surface area contributed by atoms with Crippen LogP contribution in [0.15, 0.2) is 42.5 Å². The minimum Gasteiger partial charge on any atom is -0.322 e. The van der Waals surface area contributed by atoms with Crippen LogP contribution in [-0.2, 0) is 6.18 Å². The molecule has 4 rings (SSSR count). The Kier molecular flexibility index (Phi) is 8.70. The summed E-state index contributed by atoms with van der Waals surface area (Å²) in [5.41, 5.74) is 0.394. The van der Waals surface area contributed by atoms with Gasteiger partial charge in [0.15, 0.2) is 0 Å². The van der Waals surface area contributed by atoms with Crippen LogP contribution < -0.4 is 5.32 Å². The Labute approximate surface area is 215 Å². The van der Waals surface area contributed by atoms with Gasteiger partial charge in [0.1, 0.15) is 5.82 Å². The van der Waals surface area contributed by atoms with Gasteiger partial charge >= 0.3 is 12.2 Å². The molecule has 1 N–H and O–H groups in total. The van der Waals surface area contributed by atoms with Crippen LogP contribution >= 0.6 is 0 Å². The van der Waals surface area contributed by atoms with Gasteiger partial charge in [0, 0.05) is 18.3 Å². The van der Waals surface area contributed by atoms with Crippen molar-refractivity contribution in [2.75, 3.05) is 31.5 Å². The number of urea groups is 1. The number of hydrogen-bond donors (Lipinski definition) is 1. The lowest BCUT2D eigenvalue weighted by atomic mass is 9.81. The SMILES string of the molecule is N#Cc1cccc([C@H]2CC[C@H](N(CCCN3CCCC3)C(=O)Nc3cc(F)cc(C(F)(F)F)c3)CC2)c1. The quantitative estimate of drug-likeness (QED) is 0.414. The average Bonchev–Trinajstić information content (AvgIpc) is 3.39. The third kappa shape index (κ3) is 7.22. The number of alkyl halides is 3. The zero-order valence-electron chi connectivity index (χ0n) is 20.7. The highest BCUT2D eigenvalue weighted by Crippen LogP contribution is 2.36. The molecule has 2 aromatic carbocycles. The van der Waals surface area contributed by atoms with E-state index in [1.165, 1.54) is 12.8 Å². The molecule has 1 aliphatic heterocycles. The molecule has 198 valence electrons. The first-order valence-corrected chi connectivity index (χ1v) is 12.9. The summed E-state index contributed by atoms with van der Waals surface area (Å²) >= 11 is 0. The van der Waals surface area contributed by atoms with Crippen molar-refractivity contribution in [1.29, 1.82) is 5.26 Å². The molecule has 37 heavy (non-hydrogen) atoms. The highest BCUT2D eigenvalue weighted by atomic mass is 19.4. The fraction of sp³-hybridized carbons (Fsp3) is 0.500. The molecule has 2 aromatic rings. The molecule has 0 atom stereocenters. The molecule has 1 heterocycles. The van der Waals surface area contributed by atoms with Crippen LogP contribution in [0.2, 0.25) is 0 Å². The molecular weight excluding hydrogens is 484 g/mol. The van der Waals surface area contributed by atoms with E-state index in [2.05, 4.69) is 16.3 Å². The third-order valence-corrected chi connectivity index (χ3v) is 7.43. The number of halogens is 4. The van der Waals surface area contributed by atoms with Crippen molar-refractivity contribution in [3.05, 3.63) is 65.0 Å². The Morgan fingerprint density at radius 2 is 1.81 bits per heavy atom. The van der Waals surface area contributed by atoms with Gasteiger partial charge in [0.05, 0.1) is 17.2 Å². The first-order valence-electron chi connectivity index (χ1n) is 12.9. The van der Waals surface area contributed by atoms with Crippen molar-refractivity contribution < 1.29 is 22.4 Å². The molecule has 9 heteroatoms. The summed E-state index contributed by atoms with van der Waals surface area (Å²) in [6, 6.07) is 11.3. The Morgan fingerprint density at radius 3 is 2.49 bits per heavy atom. The van der Waals surface area contributed by atoms with E-state index < -0.39 is 23.6 Å². The van der Waals surface area contributed by atoms with Crippen LogP contribution in [0.25, 0.3) is 0 Å². The number of amides is 2. The molecular formula is C28H32F4N4O. The molecule has 0 spiro atoms. The van der Waals surface area contributed by atoms with E-state index in [0.29, 0.717) is 18.2 Å². The number of rotatable bonds is 7. The topological polar surface area (TPSA) is 59.4 Å². The Hall–Kier alpha value is -3.12. The minimum atomic E-state index is -4.71. The zero-order chi connectivity index (χ0) is 26.4. The second-order valence-electron chi connectivity index (χ2n) is 9.99. The number of nitrogens with zero attached hydrogens (tertiary/aromatic N) is 3. The Bertz CT molecular complexity index is 1120. The summed E-state index contributed by atoms with van der Waals surface area (Å²) in [5, 5.41) is 11.7. The van der Waals surface area contributed by atoms with Crippen LogP contribution in [0.1, 0.15) is 67.6 Å². The molecule has 0 unspecified atom stereocenters. The van der Waals surface area contributed by atoms with E-state index in [-0.39, 0.29) is 17.6 Å². The van der Waals surface area contributed by atoms with Crippen molar-refractivity contribution in [3.63, 3.8) is 0 Å². The van der Waals surface area contributed by atoms with Crippen molar-refractivity contribution in [2.24, 2.45) is 0 Å². The maximum absolute atomic E-state index is 13.9. The van der Waals surface area contributed by atoms with Crippen LogP contribution in [-0.4, -0.2) is 48.1 Å². The Morgan fingerprint density at radius 1 is 1.08 bits per heavy atom.